The summed E-state index contributed by atoms with van der Waals surface area (Å²) in [4.78, 5) is 20.3. The summed E-state index contributed by atoms with van der Waals surface area (Å²) in [5.41, 5.74) is 1.09. The summed E-state index contributed by atoms with van der Waals surface area (Å²) in [6.45, 7) is 11.4. The molecule has 0 amide bonds. The van der Waals surface area contributed by atoms with Crippen molar-refractivity contribution in [1.29, 1.82) is 0 Å². The number of carboxylic acid groups (broad SMARTS) is 2. The minimum absolute atomic E-state index is 0.512. The van der Waals surface area contributed by atoms with Crippen molar-refractivity contribution < 1.29 is 50.9 Å². The number of morpholine rings is 1. The minimum atomic E-state index is -5.08. The number of nitrogens with one attached hydrogen (secondary N) is 1. The highest BCUT2D eigenvalue weighted by molar-refractivity contribution is 5.73. The Bertz CT molecular complexity index is 803. The Morgan fingerprint density at radius 3 is 2.14 bits per heavy atom. The number of hydrogen-bond acceptors (Lipinski definition) is 7. The second-order valence-electron chi connectivity index (χ2n) is 9.06. The van der Waals surface area contributed by atoms with E-state index in [9.17, 15) is 26.3 Å². The zero-order valence-electron chi connectivity index (χ0n) is 20.6. The summed E-state index contributed by atoms with van der Waals surface area (Å²) < 4.78 is 71.2. The van der Waals surface area contributed by atoms with Crippen LogP contribution in [0.15, 0.2) is 6.20 Å². The lowest BCUT2D eigenvalue weighted by molar-refractivity contribution is -0.193. The van der Waals surface area contributed by atoms with Crippen LogP contribution < -0.4 is 5.32 Å². The Morgan fingerprint density at radius 1 is 1.11 bits per heavy atom. The molecule has 0 radical (unpaired) electrons. The highest BCUT2D eigenvalue weighted by atomic mass is 19.4. The summed E-state index contributed by atoms with van der Waals surface area (Å²) in [6.07, 6.45) is -4.35. The van der Waals surface area contributed by atoms with E-state index in [-0.39, 0.29) is 0 Å². The Hall–Kier alpha value is -2.46. The van der Waals surface area contributed by atoms with Gasteiger partial charge in [0.25, 0.3) is 0 Å². The number of carboxylic acids is 2. The van der Waals surface area contributed by atoms with Gasteiger partial charge in [0.05, 0.1) is 18.9 Å². The number of alkyl halides is 6. The van der Waals surface area contributed by atoms with Crippen molar-refractivity contribution in [3.63, 3.8) is 0 Å². The van der Waals surface area contributed by atoms with Crippen molar-refractivity contribution in [3.8, 4) is 0 Å². The normalized spacial score (nSPS) is 19.4. The monoisotopic (exact) mass is 549 g/mol. The van der Waals surface area contributed by atoms with Crippen molar-refractivity contribution >= 4 is 11.9 Å². The van der Waals surface area contributed by atoms with E-state index in [2.05, 4.69) is 40.6 Å². The van der Waals surface area contributed by atoms with Gasteiger partial charge in [0.1, 0.15) is 0 Å². The molecule has 2 aliphatic rings. The molecule has 0 saturated carbocycles. The molecule has 3 heterocycles. The summed E-state index contributed by atoms with van der Waals surface area (Å²) >= 11 is 0. The maximum Gasteiger partial charge on any atom is 0.490 e. The number of hydrogen-bond donors (Lipinski definition) is 3. The molecule has 1 aromatic rings. The van der Waals surface area contributed by atoms with E-state index in [0.29, 0.717) is 12.0 Å². The zero-order chi connectivity index (χ0) is 28.2. The van der Waals surface area contributed by atoms with Crippen LogP contribution in [0.25, 0.3) is 0 Å². The molecule has 3 rings (SSSR count). The van der Waals surface area contributed by atoms with Gasteiger partial charge < -0.3 is 20.3 Å². The minimum Gasteiger partial charge on any atom is -0.475 e. The van der Waals surface area contributed by atoms with Gasteiger partial charge in [0, 0.05) is 31.9 Å². The molecule has 3 N–H and O–H groups in total. The van der Waals surface area contributed by atoms with E-state index in [4.69, 9.17) is 24.5 Å². The second-order valence-corrected chi connectivity index (χ2v) is 9.06. The van der Waals surface area contributed by atoms with E-state index in [0.717, 1.165) is 57.5 Å². The predicted octanol–water partition coefficient (Wildman–Crippen LogP) is 2.79. The fourth-order valence-corrected chi connectivity index (χ4v) is 3.70. The number of rotatable bonds is 6. The molecule has 0 bridgehead atoms. The maximum atomic E-state index is 10.6. The smallest absolute Gasteiger partial charge is 0.475 e. The molecular formula is C21H33F6N5O5. The molecule has 10 nitrogen and oxygen atoms in total. The molecule has 16 heteroatoms. The lowest BCUT2D eigenvalue weighted by Crippen LogP contribution is -2.45. The first-order valence-corrected chi connectivity index (χ1v) is 11.6. The van der Waals surface area contributed by atoms with Crippen LogP contribution in [0.2, 0.25) is 0 Å². The number of halogens is 6. The van der Waals surface area contributed by atoms with Gasteiger partial charge in [-0.3, -0.25) is 9.58 Å². The van der Waals surface area contributed by atoms with Crippen LogP contribution in [0.4, 0.5) is 26.3 Å². The van der Waals surface area contributed by atoms with E-state index >= 15 is 0 Å². The van der Waals surface area contributed by atoms with Crippen LogP contribution in [0.1, 0.15) is 38.8 Å². The molecule has 1 atom stereocenters. The molecule has 0 spiro atoms. The first-order chi connectivity index (χ1) is 17.1. The Labute approximate surface area is 209 Å². The number of nitrogens with zero attached hydrogens (tertiary/aromatic N) is 4. The largest absolute Gasteiger partial charge is 0.490 e. The molecular weight excluding hydrogens is 516 g/mol. The Kier molecular flexibility index (Phi) is 13.3. The SMILES string of the molecule is CC(C)CC1COCCN1Cc1cn(CC2CCNCC2)nn1.O=C(O)C(F)(F)F.O=C(O)C(F)(F)F. The molecule has 37 heavy (non-hydrogen) atoms. The van der Waals surface area contributed by atoms with Crippen molar-refractivity contribution in [3.05, 3.63) is 11.9 Å². The van der Waals surface area contributed by atoms with Crippen molar-refractivity contribution in [2.45, 2.75) is 64.6 Å². The number of piperidine rings is 1. The number of aliphatic carboxylic acids is 2. The molecule has 214 valence electrons. The van der Waals surface area contributed by atoms with E-state index < -0.39 is 24.3 Å². The molecule has 2 aliphatic heterocycles. The van der Waals surface area contributed by atoms with Gasteiger partial charge in [-0.15, -0.1) is 5.10 Å². The molecule has 2 saturated heterocycles. The average molecular weight is 550 g/mol. The third-order valence-corrected chi connectivity index (χ3v) is 5.43. The van der Waals surface area contributed by atoms with Crippen LogP contribution in [0, 0.1) is 11.8 Å². The molecule has 1 aromatic heterocycles. The summed E-state index contributed by atoms with van der Waals surface area (Å²) in [5.74, 6) is -4.08. The van der Waals surface area contributed by atoms with Crippen LogP contribution in [-0.2, 0) is 27.4 Å². The number of ether oxygens (including phenoxy) is 1. The number of aromatic nitrogens is 3. The summed E-state index contributed by atoms with van der Waals surface area (Å²) in [6, 6.07) is 0.512. The van der Waals surface area contributed by atoms with E-state index in [1.807, 2.05) is 4.68 Å². The van der Waals surface area contributed by atoms with Crippen molar-refractivity contribution in [2.24, 2.45) is 11.8 Å². The highest BCUT2D eigenvalue weighted by Gasteiger charge is 2.38. The third-order valence-electron chi connectivity index (χ3n) is 5.43. The first kappa shape index (κ1) is 32.6. The second kappa shape index (κ2) is 15.1. The topological polar surface area (TPSA) is 130 Å². The summed E-state index contributed by atoms with van der Waals surface area (Å²) in [5, 5.41) is 26.4. The zero-order valence-corrected chi connectivity index (χ0v) is 20.6. The number of carbonyl (C=O) groups is 2. The predicted molar refractivity (Wildman–Crippen MR) is 117 cm³/mol. The first-order valence-electron chi connectivity index (χ1n) is 11.6. The van der Waals surface area contributed by atoms with E-state index in [1.54, 1.807) is 0 Å². The van der Waals surface area contributed by atoms with Crippen LogP contribution in [0.5, 0.6) is 0 Å². The van der Waals surface area contributed by atoms with Gasteiger partial charge in [-0.05, 0) is 44.2 Å². The van der Waals surface area contributed by atoms with Crippen LogP contribution in [-0.4, -0.2) is 93.3 Å². The Morgan fingerprint density at radius 2 is 1.65 bits per heavy atom. The fourth-order valence-electron chi connectivity index (χ4n) is 3.70. The van der Waals surface area contributed by atoms with Gasteiger partial charge in [-0.25, -0.2) is 9.59 Å². The standard InChI is InChI=1S/C17H31N5O.2C2HF3O2/c1-14(2)9-17-13-23-8-7-21(17)11-16-12-22(20-19-16)10-15-3-5-18-6-4-15;2*3-2(4,5)1(6)7/h12,14-15,17-18H,3-11,13H2,1-2H3;2*(H,6,7). The van der Waals surface area contributed by atoms with Crippen LogP contribution >= 0.6 is 0 Å². The average Bonchev–Trinajstić information content (AvgIpc) is 3.22. The molecule has 1 unspecified atom stereocenters. The van der Waals surface area contributed by atoms with Gasteiger partial charge in [0.15, 0.2) is 0 Å². The molecule has 2 fully saturated rings. The summed E-state index contributed by atoms with van der Waals surface area (Å²) in [7, 11) is 0. The quantitative estimate of drug-likeness (QED) is 0.459. The van der Waals surface area contributed by atoms with Crippen LogP contribution in [0.3, 0.4) is 0 Å². The van der Waals surface area contributed by atoms with Gasteiger partial charge >= 0.3 is 24.3 Å². The van der Waals surface area contributed by atoms with Crippen molar-refractivity contribution in [2.75, 3.05) is 32.8 Å². The maximum absolute atomic E-state index is 10.6. The van der Waals surface area contributed by atoms with Gasteiger partial charge in [-0.1, -0.05) is 19.1 Å². The fraction of sp³-hybridized carbons (Fsp3) is 0.810. The van der Waals surface area contributed by atoms with E-state index in [1.165, 1.54) is 19.3 Å². The third kappa shape index (κ3) is 13.6. The van der Waals surface area contributed by atoms with Gasteiger partial charge in [-0.2, -0.15) is 26.3 Å². The van der Waals surface area contributed by atoms with Crippen molar-refractivity contribution in [1.82, 2.24) is 25.2 Å². The Balaban J connectivity index is 0.000000404. The molecule has 0 aliphatic carbocycles. The molecule has 0 aromatic carbocycles. The lowest BCUT2D eigenvalue weighted by Gasteiger charge is -2.36. The highest BCUT2D eigenvalue weighted by Crippen LogP contribution is 2.19. The lowest BCUT2D eigenvalue weighted by atomic mass is 9.98. The van der Waals surface area contributed by atoms with Gasteiger partial charge in [0.2, 0.25) is 0 Å².